The molecule has 1 aliphatic heterocycles. The minimum absolute atomic E-state index is 0.317. The van der Waals surface area contributed by atoms with Gasteiger partial charge in [-0.05, 0) is 18.8 Å². The number of likely N-dealkylation sites (tertiary alicyclic amines) is 1. The summed E-state index contributed by atoms with van der Waals surface area (Å²) < 4.78 is 11.2. The summed E-state index contributed by atoms with van der Waals surface area (Å²) in [6.07, 6.45) is 1.31. The van der Waals surface area contributed by atoms with Crippen molar-refractivity contribution in [2.24, 2.45) is 5.92 Å². The van der Waals surface area contributed by atoms with Gasteiger partial charge in [-0.1, -0.05) is 13.8 Å². The average Bonchev–Trinajstić information content (AvgIpc) is 2.38. The Balaban J connectivity index is 2.49. The summed E-state index contributed by atoms with van der Waals surface area (Å²) in [4.78, 5) is 24.5. The molecule has 3 unspecified atom stereocenters. The van der Waals surface area contributed by atoms with Crippen LogP contribution in [-0.2, 0) is 15.6 Å². The summed E-state index contributed by atoms with van der Waals surface area (Å²) in [5.74, 6) is 0.329. The molecule has 1 fully saturated rings. The number of amides is 2. The van der Waals surface area contributed by atoms with Gasteiger partial charge >= 0.3 is 12.0 Å². The summed E-state index contributed by atoms with van der Waals surface area (Å²) in [5, 5.41) is 11.8. The fourth-order valence-corrected chi connectivity index (χ4v) is 2.75. The van der Waals surface area contributed by atoms with E-state index in [2.05, 4.69) is 5.32 Å². The predicted octanol–water partition coefficient (Wildman–Crippen LogP) is 0.650. The molecule has 1 heterocycles. The monoisotopic (exact) mass is 290 g/mol. The van der Waals surface area contributed by atoms with Crippen LogP contribution in [0.25, 0.3) is 0 Å². The number of piperidine rings is 1. The SMILES string of the molecule is CCS(=O)CCNC(=O)N1CCC(C)CC1C(=O)O. The molecule has 3 atom stereocenters. The van der Waals surface area contributed by atoms with Gasteiger partial charge in [-0.15, -0.1) is 0 Å². The normalized spacial score (nSPS) is 24.8. The van der Waals surface area contributed by atoms with Gasteiger partial charge in [-0.25, -0.2) is 9.59 Å². The van der Waals surface area contributed by atoms with Gasteiger partial charge in [-0.3, -0.25) is 4.21 Å². The van der Waals surface area contributed by atoms with E-state index in [1.54, 1.807) is 0 Å². The number of hydrogen-bond donors (Lipinski definition) is 2. The fraction of sp³-hybridized carbons (Fsp3) is 0.833. The Morgan fingerprint density at radius 3 is 2.74 bits per heavy atom. The Morgan fingerprint density at radius 1 is 1.47 bits per heavy atom. The van der Waals surface area contributed by atoms with E-state index in [-0.39, 0.29) is 6.03 Å². The Morgan fingerprint density at radius 2 is 2.16 bits per heavy atom. The van der Waals surface area contributed by atoms with Crippen LogP contribution in [0.3, 0.4) is 0 Å². The summed E-state index contributed by atoms with van der Waals surface area (Å²) in [6.45, 7) is 4.60. The quantitative estimate of drug-likeness (QED) is 0.778. The molecule has 2 amide bonds. The summed E-state index contributed by atoms with van der Waals surface area (Å²) in [7, 11) is -0.921. The van der Waals surface area contributed by atoms with Gasteiger partial charge in [0.15, 0.2) is 0 Å². The first-order valence-corrected chi connectivity index (χ1v) is 8.06. The van der Waals surface area contributed by atoms with Crippen LogP contribution in [0.15, 0.2) is 0 Å². The number of nitrogens with one attached hydrogen (secondary N) is 1. The maximum atomic E-state index is 11.9. The molecule has 0 saturated carbocycles. The van der Waals surface area contributed by atoms with Crippen molar-refractivity contribution in [2.75, 3.05) is 24.6 Å². The van der Waals surface area contributed by atoms with Crippen molar-refractivity contribution in [2.45, 2.75) is 32.7 Å². The summed E-state index contributed by atoms with van der Waals surface area (Å²) in [5.41, 5.74) is 0. The Hall–Kier alpha value is -1.11. The molecule has 0 radical (unpaired) electrons. The molecule has 0 aromatic rings. The molecule has 0 aromatic heterocycles. The Bertz CT molecular complexity index is 362. The Kier molecular flexibility index (Phi) is 6.27. The van der Waals surface area contributed by atoms with Crippen LogP contribution < -0.4 is 5.32 Å². The lowest BCUT2D eigenvalue weighted by Crippen LogP contribution is -2.53. The van der Waals surface area contributed by atoms with Gasteiger partial charge in [-0.2, -0.15) is 0 Å². The molecule has 1 aliphatic rings. The third-order valence-corrected chi connectivity index (χ3v) is 4.64. The zero-order valence-electron chi connectivity index (χ0n) is 11.4. The molecule has 6 nitrogen and oxygen atoms in total. The van der Waals surface area contributed by atoms with Crippen LogP contribution in [0.1, 0.15) is 26.7 Å². The molecular formula is C12H22N2O4S. The number of nitrogens with zero attached hydrogens (tertiary/aromatic N) is 1. The first-order valence-electron chi connectivity index (χ1n) is 6.58. The van der Waals surface area contributed by atoms with Crippen LogP contribution in [0.2, 0.25) is 0 Å². The van der Waals surface area contributed by atoms with Gasteiger partial charge in [0.2, 0.25) is 0 Å². The van der Waals surface area contributed by atoms with Gasteiger partial charge in [0.25, 0.3) is 0 Å². The average molecular weight is 290 g/mol. The van der Waals surface area contributed by atoms with Gasteiger partial charge < -0.3 is 15.3 Å². The van der Waals surface area contributed by atoms with E-state index in [0.717, 1.165) is 6.42 Å². The second-order valence-corrected chi connectivity index (χ2v) is 6.71. The van der Waals surface area contributed by atoms with Crippen molar-refractivity contribution >= 4 is 22.8 Å². The maximum Gasteiger partial charge on any atom is 0.326 e. The van der Waals surface area contributed by atoms with Crippen LogP contribution in [0.5, 0.6) is 0 Å². The number of carbonyl (C=O) groups is 2. The third-order valence-electron chi connectivity index (χ3n) is 3.34. The van der Waals surface area contributed by atoms with E-state index in [1.165, 1.54) is 4.90 Å². The number of rotatable bonds is 5. The van der Waals surface area contributed by atoms with Crippen LogP contribution in [-0.4, -0.2) is 56.9 Å². The number of hydrogen-bond acceptors (Lipinski definition) is 3. The van der Waals surface area contributed by atoms with Crippen molar-refractivity contribution < 1.29 is 18.9 Å². The molecule has 0 aromatic carbocycles. The van der Waals surface area contributed by atoms with Crippen molar-refractivity contribution in [3.8, 4) is 0 Å². The van der Waals surface area contributed by atoms with Gasteiger partial charge in [0.1, 0.15) is 6.04 Å². The van der Waals surface area contributed by atoms with Crippen molar-refractivity contribution in [3.63, 3.8) is 0 Å². The lowest BCUT2D eigenvalue weighted by Gasteiger charge is -2.35. The Labute approximate surface area is 116 Å². The molecule has 110 valence electrons. The lowest BCUT2D eigenvalue weighted by atomic mass is 9.93. The zero-order chi connectivity index (χ0) is 14.4. The minimum atomic E-state index is -0.959. The summed E-state index contributed by atoms with van der Waals surface area (Å²) >= 11 is 0. The highest BCUT2D eigenvalue weighted by Gasteiger charge is 2.34. The standard InChI is InChI=1S/C12H22N2O4S/c1-3-19(18)7-5-13-12(17)14-6-4-9(2)8-10(14)11(15)16/h9-10H,3-8H2,1-2H3,(H,13,17)(H,15,16). The fourth-order valence-electron chi connectivity index (χ4n) is 2.14. The first kappa shape index (κ1) is 15.9. The first-order chi connectivity index (χ1) is 8.95. The minimum Gasteiger partial charge on any atom is -0.480 e. The number of aliphatic carboxylic acids is 1. The molecule has 0 spiro atoms. The van der Waals surface area contributed by atoms with E-state index in [0.29, 0.717) is 36.9 Å². The number of carboxylic acids is 1. The van der Waals surface area contributed by atoms with Crippen molar-refractivity contribution in [1.82, 2.24) is 10.2 Å². The number of carbonyl (C=O) groups excluding carboxylic acids is 1. The molecule has 1 saturated heterocycles. The highest BCUT2D eigenvalue weighted by atomic mass is 32.2. The highest BCUT2D eigenvalue weighted by molar-refractivity contribution is 7.84. The van der Waals surface area contributed by atoms with Crippen LogP contribution in [0.4, 0.5) is 4.79 Å². The smallest absolute Gasteiger partial charge is 0.326 e. The third kappa shape index (κ3) is 4.81. The molecule has 2 N–H and O–H groups in total. The lowest BCUT2D eigenvalue weighted by molar-refractivity contribution is -0.143. The maximum absolute atomic E-state index is 11.9. The van der Waals surface area contributed by atoms with E-state index in [1.807, 2.05) is 13.8 Å². The van der Waals surface area contributed by atoms with E-state index in [9.17, 15) is 13.8 Å². The summed E-state index contributed by atoms with van der Waals surface area (Å²) in [6, 6.07) is -1.12. The van der Waals surface area contributed by atoms with E-state index >= 15 is 0 Å². The molecule has 7 heteroatoms. The zero-order valence-corrected chi connectivity index (χ0v) is 12.2. The predicted molar refractivity (Wildman–Crippen MR) is 73.5 cm³/mol. The molecule has 0 bridgehead atoms. The van der Waals surface area contributed by atoms with E-state index < -0.39 is 22.8 Å². The van der Waals surface area contributed by atoms with Crippen molar-refractivity contribution in [1.29, 1.82) is 0 Å². The number of urea groups is 1. The van der Waals surface area contributed by atoms with Gasteiger partial charge in [0.05, 0.1) is 0 Å². The second-order valence-electron chi connectivity index (χ2n) is 4.84. The number of carboxylic acid groups (broad SMARTS) is 1. The molecule has 0 aliphatic carbocycles. The largest absolute Gasteiger partial charge is 0.480 e. The van der Waals surface area contributed by atoms with Crippen LogP contribution >= 0.6 is 0 Å². The second kappa shape index (κ2) is 7.47. The highest BCUT2D eigenvalue weighted by Crippen LogP contribution is 2.22. The van der Waals surface area contributed by atoms with E-state index in [4.69, 9.17) is 5.11 Å². The molecular weight excluding hydrogens is 268 g/mol. The molecule has 19 heavy (non-hydrogen) atoms. The topological polar surface area (TPSA) is 86.7 Å². The van der Waals surface area contributed by atoms with Gasteiger partial charge in [0, 0.05) is 35.4 Å². The molecule has 1 rings (SSSR count). The van der Waals surface area contributed by atoms with Crippen LogP contribution in [0, 0.1) is 5.92 Å². The van der Waals surface area contributed by atoms with Crippen molar-refractivity contribution in [3.05, 3.63) is 0 Å².